The third-order valence-electron chi connectivity index (χ3n) is 4.80. The standard InChI is InChI=1S/C21H14ClF2N3O/c22-15-10-9-12(28-21(23)24)11-14(15)20-25-16-6-2-1-5-13(16)19-26-17-7-3-4-8-18(17)27(19)20/h1-11,20-21,25H/t20-/m0/s1. The number of alkyl halides is 2. The highest BCUT2D eigenvalue weighted by Gasteiger charge is 2.29. The molecule has 0 amide bonds. The van der Waals surface area contributed by atoms with Crippen LogP contribution in [0.2, 0.25) is 5.02 Å². The summed E-state index contributed by atoms with van der Waals surface area (Å²) < 4.78 is 32.0. The lowest BCUT2D eigenvalue weighted by molar-refractivity contribution is -0.0499. The number of fused-ring (bicyclic) bond motifs is 5. The first-order valence-electron chi connectivity index (χ1n) is 8.69. The van der Waals surface area contributed by atoms with Crippen molar-refractivity contribution in [3.8, 4) is 17.1 Å². The minimum atomic E-state index is -2.90. The number of nitrogens with zero attached hydrogens (tertiary/aromatic N) is 2. The second-order valence-corrected chi connectivity index (χ2v) is 6.86. The lowest BCUT2D eigenvalue weighted by Crippen LogP contribution is -2.25. The highest BCUT2D eigenvalue weighted by molar-refractivity contribution is 6.31. The van der Waals surface area contributed by atoms with E-state index < -0.39 is 12.8 Å². The molecule has 2 heterocycles. The van der Waals surface area contributed by atoms with Gasteiger partial charge in [0.1, 0.15) is 17.7 Å². The van der Waals surface area contributed by atoms with Gasteiger partial charge in [0.25, 0.3) is 0 Å². The van der Waals surface area contributed by atoms with Crippen LogP contribution in [0.3, 0.4) is 0 Å². The van der Waals surface area contributed by atoms with Crippen molar-refractivity contribution in [2.75, 3.05) is 5.32 Å². The Kier molecular flexibility index (Phi) is 3.94. The number of hydrogen-bond acceptors (Lipinski definition) is 3. The summed E-state index contributed by atoms with van der Waals surface area (Å²) in [6.45, 7) is -2.90. The van der Waals surface area contributed by atoms with Gasteiger partial charge in [0.15, 0.2) is 0 Å². The number of halogens is 3. The second kappa shape index (κ2) is 6.49. The first-order chi connectivity index (χ1) is 13.6. The summed E-state index contributed by atoms with van der Waals surface area (Å²) in [6, 6.07) is 20.2. The molecule has 0 spiro atoms. The smallest absolute Gasteiger partial charge is 0.387 e. The van der Waals surface area contributed by atoms with Crippen molar-refractivity contribution in [1.29, 1.82) is 0 Å². The Morgan fingerprint density at radius 1 is 1.04 bits per heavy atom. The van der Waals surface area contributed by atoms with Crippen molar-refractivity contribution in [3.63, 3.8) is 0 Å². The average Bonchev–Trinajstić information content (AvgIpc) is 3.08. The highest BCUT2D eigenvalue weighted by Crippen LogP contribution is 2.42. The fraction of sp³-hybridized carbons (Fsp3) is 0.0952. The van der Waals surface area contributed by atoms with E-state index >= 15 is 0 Å². The normalized spacial score (nSPS) is 15.2. The van der Waals surface area contributed by atoms with Gasteiger partial charge in [-0.05, 0) is 42.5 Å². The van der Waals surface area contributed by atoms with E-state index in [1.807, 2.05) is 53.1 Å². The maximum atomic E-state index is 12.7. The zero-order valence-electron chi connectivity index (χ0n) is 14.4. The summed E-state index contributed by atoms with van der Waals surface area (Å²) in [5, 5.41) is 3.91. The van der Waals surface area contributed by atoms with E-state index in [-0.39, 0.29) is 5.75 Å². The Morgan fingerprint density at radius 2 is 1.82 bits per heavy atom. The maximum Gasteiger partial charge on any atom is 0.387 e. The summed E-state index contributed by atoms with van der Waals surface area (Å²) in [4.78, 5) is 4.80. The zero-order chi connectivity index (χ0) is 19.3. The van der Waals surface area contributed by atoms with Crippen LogP contribution in [0.5, 0.6) is 5.75 Å². The molecule has 0 aliphatic carbocycles. The van der Waals surface area contributed by atoms with Gasteiger partial charge in [-0.2, -0.15) is 8.78 Å². The first kappa shape index (κ1) is 17.0. The Morgan fingerprint density at radius 3 is 2.68 bits per heavy atom. The third kappa shape index (κ3) is 2.68. The molecule has 4 aromatic rings. The Bertz CT molecular complexity index is 1190. The molecule has 0 saturated carbocycles. The number of benzene rings is 3. The average molecular weight is 398 g/mol. The molecule has 0 radical (unpaired) electrons. The van der Waals surface area contributed by atoms with E-state index in [4.69, 9.17) is 16.6 Å². The van der Waals surface area contributed by atoms with Gasteiger partial charge in [-0.1, -0.05) is 35.9 Å². The topological polar surface area (TPSA) is 39.1 Å². The monoisotopic (exact) mass is 397 g/mol. The minimum absolute atomic E-state index is 0.0565. The Labute approximate surface area is 164 Å². The predicted molar refractivity (Wildman–Crippen MR) is 105 cm³/mol. The van der Waals surface area contributed by atoms with Crippen LogP contribution in [0.4, 0.5) is 14.5 Å². The summed E-state index contributed by atoms with van der Waals surface area (Å²) in [7, 11) is 0. The van der Waals surface area contributed by atoms with Gasteiger partial charge < -0.3 is 10.1 Å². The van der Waals surface area contributed by atoms with Gasteiger partial charge in [-0.3, -0.25) is 4.57 Å². The molecule has 0 saturated heterocycles. The highest BCUT2D eigenvalue weighted by atomic mass is 35.5. The molecule has 0 unspecified atom stereocenters. The maximum absolute atomic E-state index is 12.7. The molecule has 4 nitrogen and oxygen atoms in total. The molecule has 1 aromatic heterocycles. The number of ether oxygens (including phenoxy) is 1. The van der Waals surface area contributed by atoms with Gasteiger partial charge in [0.2, 0.25) is 0 Å². The SMILES string of the molecule is FC(F)Oc1ccc(Cl)c([C@H]2Nc3ccccc3-c3nc4ccccc4n32)c1. The molecule has 1 N–H and O–H groups in total. The van der Waals surface area contributed by atoms with Gasteiger partial charge in [-0.25, -0.2) is 4.98 Å². The van der Waals surface area contributed by atoms with Crippen LogP contribution >= 0.6 is 11.6 Å². The summed E-state index contributed by atoms with van der Waals surface area (Å²) in [5.74, 6) is 0.845. The van der Waals surface area contributed by atoms with Gasteiger partial charge in [0, 0.05) is 21.8 Å². The van der Waals surface area contributed by atoms with Crippen molar-refractivity contribution >= 4 is 28.3 Å². The van der Waals surface area contributed by atoms with Crippen molar-refractivity contribution < 1.29 is 13.5 Å². The number of rotatable bonds is 3. The lowest BCUT2D eigenvalue weighted by Gasteiger charge is -2.31. The molecular formula is C21H14ClF2N3O. The van der Waals surface area contributed by atoms with E-state index in [1.54, 1.807) is 12.1 Å². The minimum Gasteiger partial charge on any atom is -0.435 e. The number of imidazole rings is 1. The summed E-state index contributed by atoms with van der Waals surface area (Å²) >= 11 is 6.46. The van der Waals surface area contributed by atoms with Crippen LogP contribution < -0.4 is 10.1 Å². The lowest BCUT2D eigenvalue weighted by atomic mass is 10.1. The van der Waals surface area contributed by atoms with Crippen LogP contribution in [-0.2, 0) is 0 Å². The number of nitrogens with one attached hydrogen (secondary N) is 1. The molecular weight excluding hydrogens is 384 g/mol. The molecule has 5 rings (SSSR count). The van der Waals surface area contributed by atoms with E-state index in [0.717, 1.165) is 28.1 Å². The molecule has 3 aromatic carbocycles. The molecule has 1 aliphatic rings. The van der Waals surface area contributed by atoms with E-state index in [1.165, 1.54) is 6.07 Å². The van der Waals surface area contributed by atoms with Crippen molar-refractivity contribution in [2.24, 2.45) is 0 Å². The fourth-order valence-corrected chi connectivity index (χ4v) is 3.86. The second-order valence-electron chi connectivity index (χ2n) is 6.45. The van der Waals surface area contributed by atoms with E-state index in [9.17, 15) is 8.78 Å². The van der Waals surface area contributed by atoms with E-state index in [2.05, 4.69) is 10.1 Å². The predicted octanol–water partition coefficient (Wildman–Crippen LogP) is 5.93. The van der Waals surface area contributed by atoms with Crippen molar-refractivity contribution in [1.82, 2.24) is 9.55 Å². The first-order valence-corrected chi connectivity index (χ1v) is 9.07. The van der Waals surface area contributed by atoms with Crippen LogP contribution in [0.25, 0.3) is 22.4 Å². The Hall–Kier alpha value is -3.12. The number of aromatic nitrogens is 2. The summed E-state index contributed by atoms with van der Waals surface area (Å²) in [5.41, 5.74) is 4.24. The van der Waals surface area contributed by atoms with Gasteiger partial charge in [-0.15, -0.1) is 0 Å². The van der Waals surface area contributed by atoms with Gasteiger partial charge >= 0.3 is 6.61 Å². The van der Waals surface area contributed by atoms with Crippen LogP contribution in [0, 0.1) is 0 Å². The number of para-hydroxylation sites is 3. The molecule has 140 valence electrons. The van der Waals surface area contributed by atoms with Gasteiger partial charge in [0.05, 0.1) is 11.0 Å². The van der Waals surface area contributed by atoms with Crippen LogP contribution in [-0.4, -0.2) is 16.2 Å². The van der Waals surface area contributed by atoms with E-state index in [0.29, 0.717) is 10.6 Å². The molecule has 0 bridgehead atoms. The summed E-state index contributed by atoms with van der Waals surface area (Å²) in [6.07, 6.45) is -0.425. The number of hydrogen-bond donors (Lipinski definition) is 1. The zero-order valence-corrected chi connectivity index (χ0v) is 15.2. The number of anilines is 1. The fourth-order valence-electron chi connectivity index (χ4n) is 3.64. The molecule has 28 heavy (non-hydrogen) atoms. The van der Waals surface area contributed by atoms with Crippen molar-refractivity contribution in [3.05, 3.63) is 77.3 Å². The van der Waals surface area contributed by atoms with Crippen molar-refractivity contribution in [2.45, 2.75) is 12.8 Å². The van der Waals surface area contributed by atoms with Crippen LogP contribution in [0.1, 0.15) is 11.7 Å². The third-order valence-corrected chi connectivity index (χ3v) is 5.15. The quantitative estimate of drug-likeness (QED) is 0.465. The molecule has 7 heteroatoms. The molecule has 1 aliphatic heterocycles. The Balaban J connectivity index is 1.75. The molecule has 0 fully saturated rings. The van der Waals surface area contributed by atoms with Crippen LogP contribution in [0.15, 0.2) is 66.7 Å². The largest absolute Gasteiger partial charge is 0.435 e. The molecule has 1 atom stereocenters.